The van der Waals surface area contributed by atoms with Crippen molar-refractivity contribution in [3.63, 3.8) is 0 Å². The van der Waals surface area contributed by atoms with Gasteiger partial charge in [-0.15, -0.1) is 0 Å². The first-order chi connectivity index (χ1) is 12.4. The van der Waals surface area contributed by atoms with Gasteiger partial charge in [-0.2, -0.15) is 18.3 Å². The molecular formula is C19H20F3N3O. The molecule has 1 heterocycles. The molecule has 0 spiro atoms. The Morgan fingerprint density at radius 1 is 1.19 bits per heavy atom. The highest BCUT2D eigenvalue weighted by Crippen LogP contribution is 2.30. The molecule has 1 aromatic heterocycles. The van der Waals surface area contributed by atoms with Gasteiger partial charge in [-0.3, -0.25) is 4.79 Å². The second kappa shape index (κ2) is 7.76. The minimum absolute atomic E-state index is 0.0863. The second-order valence-corrected chi connectivity index (χ2v) is 6.46. The van der Waals surface area contributed by atoms with Crippen molar-refractivity contribution in [3.8, 4) is 0 Å². The molecule has 3 rings (SSSR count). The van der Waals surface area contributed by atoms with Gasteiger partial charge in [0.05, 0.1) is 11.8 Å². The summed E-state index contributed by atoms with van der Waals surface area (Å²) in [6.45, 7) is 0. The predicted octanol–water partition coefficient (Wildman–Crippen LogP) is 4.78. The number of amides is 1. The summed E-state index contributed by atoms with van der Waals surface area (Å²) in [5.74, 6) is -0.681. The third-order valence-corrected chi connectivity index (χ3v) is 4.57. The van der Waals surface area contributed by atoms with E-state index in [1.54, 1.807) is 0 Å². The lowest BCUT2D eigenvalue weighted by atomic mass is 9.95. The van der Waals surface area contributed by atoms with E-state index < -0.39 is 17.6 Å². The zero-order valence-corrected chi connectivity index (χ0v) is 14.2. The summed E-state index contributed by atoms with van der Waals surface area (Å²) in [6.07, 6.45) is 7.05. The summed E-state index contributed by atoms with van der Waals surface area (Å²) in [6, 6.07) is 6.66. The van der Waals surface area contributed by atoms with E-state index in [1.807, 2.05) is 18.5 Å². The number of halogens is 3. The SMILES string of the molecule is O=C(N/N=C\c1ccn(C2CCCCC2)c1)c1cccc(C(F)(F)F)c1. The Kier molecular flexibility index (Phi) is 5.44. The largest absolute Gasteiger partial charge is 0.416 e. The second-order valence-electron chi connectivity index (χ2n) is 6.46. The first-order valence-corrected chi connectivity index (χ1v) is 8.61. The van der Waals surface area contributed by atoms with Crippen molar-refractivity contribution in [2.45, 2.75) is 44.3 Å². The molecule has 2 aromatic rings. The van der Waals surface area contributed by atoms with Gasteiger partial charge in [-0.25, -0.2) is 5.43 Å². The Morgan fingerprint density at radius 2 is 1.96 bits per heavy atom. The Labute approximate surface area is 149 Å². The van der Waals surface area contributed by atoms with Gasteiger partial charge >= 0.3 is 6.18 Å². The van der Waals surface area contributed by atoms with Crippen molar-refractivity contribution >= 4 is 12.1 Å². The molecular weight excluding hydrogens is 343 g/mol. The highest BCUT2D eigenvalue weighted by Gasteiger charge is 2.30. The smallest absolute Gasteiger partial charge is 0.351 e. The number of hydrogen-bond acceptors (Lipinski definition) is 2. The number of hydrazone groups is 1. The third-order valence-electron chi connectivity index (χ3n) is 4.57. The van der Waals surface area contributed by atoms with Gasteiger partial charge in [-0.05, 0) is 37.1 Å². The molecule has 138 valence electrons. The summed E-state index contributed by atoms with van der Waals surface area (Å²) >= 11 is 0. The third kappa shape index (κ3) is 4.53. The maximum absolute atomic E-state index is 12.7. The van der Waals surface area contributed by atoms with Gasteiger partial charge in [0, 0.05) is 29.6 Å². The molecule has 7 heteroatoms. The van der Waals surface area contributed by atoms with E-state index in [0.717, 1.165) is 30.5 Å². The fourth-order valence-electron chi connectivity index (χ4n) is 3.18. The van der Waals surface area contributed by atoms with E-state index >= 15 is 0 Å². The topological polar surface area (TPSA) is 46.4 Å². The van der Waals surface area contributed by atoms with Crippen LogP contribution < -0.4 is 5.43 Å². The van der Waals surface area contributed by atoms with E-state index in [2.05, 4.69) is 15.1 Å². The monoisotopic (exact) mass is 363 g/mol. The normalized spacial score (nSPS) is 16.1. The van der Waals surface area contributed by atoms with Gasteiger partial charge in [0.25, 0.3) is 5.91 Å². The maximum atomic E-state index is 12.7. The molecule has 1 aliphatic carbocycles. The minimum Gasteiger partial charge on any atom is -0.351 e. The summed E-state index contributed by atoms with van der Waals surface area (Å²) in [5.41, 5.74) is 2.15. The minimum atomic E-state index is -4.48. The summed E-state index contributed by atoms with van der Waals surface area (Å²) < 4.78 is 40.3. The van der Waals surface area contributed by atoms with Crippen LogP contribution in [0.5, 0.6) is 0 Å². The van der Waals surface area contributed by atoms with Gasteiger partial charge in [0.2, 0.25) is 0 Å². The van der Waals surface area contributed by atoms with Gasteiger partial charge in [0.1, 0.15) is 0 Å². The van der Waals surface area contributed by atoms with Gasteiger partial charge in [-0.1, -0.05) is 25.3 Å². The zero-order chi connectivity index (χ0) is 18.6. The molecule has 1 saturated carbocycles. The number of rotatable bonds is 4. The lowest BCUT2D eigenvalue weighted by Gasteiger charge is -2.23. The number of hydrogen-bond donors (Lipinski definition) is 1. The molecule has 0 unspecified atom stereocenters. The Bertz CT molecular complexity index is 789. The van der Waals surface area contributed by atoms with Crippen molar-refractivity contribution < 1.29 is 18.0 Å². The standard InChI is InChI=1S/C19H20F3N3O/c20-19(21,22)16-6-4-5-15(11-16)18(26)24-23-12-14-9-10-25(13-14)17-7-2-1-3-8-17/h4-6,9-13,17H,1-3,7-8H2,(H,24,26)/b23-12-. The number of nitrogens with one attached hydrogen (secondary N) is 1. The lowest BCUT2D eigenvalue weighted by molar-refractivity contribution is -0.137. The summed E-state index contributed by atoms with van der Waals surface area (Å²) in [7, 11) is 0. The van der Waals surface area contributed by atoms with Crippen LogP contribution in [0.4, 0.5) is 13.2 Å². The first kappa shape index (κ1) is 18.2. The van der Waals surface area contributed by atoms with Crippen LogP contribution in [0.25, 0.3) is 0 Å². The maximum Gasteiger partial charge on any atom is 0.416 e. The number of carbonyl (C=O) groups is 1. The van der Waals surface area contributed by atoms with Crippen LogP contribution in [0.3, 0.4) is 0 Å². The Hall–Kier alpha value is -2.57. The fraction of sp³-hybridized carbons (Fsp3) is 0.368. The molecule has 1 fully saturated rings. The number of aromatic nitrogens is 1. The van der Waals surface area contributed by atoms with Crippen LogP contribution in [0.15, 0.2) is 47.8 Å². The number of carbonyl (C=O) groups excluding carboxylic acids is 1. The highest BCUT2D eigenvalue weighted by atomic mass is 19.4. The Balaban J connectivity index is 1.60. The fourth-order valence-corrected chi connectivity index (χ4v) is 3.18. The quantitative estimate of drug-likeness (QED) is 0.617. The van der Waals surface area contributed by atoms with Crippen molar-refractivity contribution in [2.24, 2.45) is 5.10 Å². The molecule has 1 amide bonds. The molecule has 0 saturated heterocycles. The molecule has 26 heavy (non-hydrogen) atoms. The van der Waals surface area contributed by atoms with E-state index in [-0.39, 0.29) is 5.56 Å². The van der Waals surface area contributed by atoms with E-state index in [9.17, 15) is 18.0 Å². The molecule has 4 nitrogen and oxygen atoms in total. The van der Waals surface area contributed by atoms with Crippen LogP contribution >= 0.6 is 0 Å². The average Bonchev–Trinajstić information content (AvgIpc) is 3.11. The summed E-state index contributed by atoms with van der Waals surface area (Å²) in [5, 5.41) is 3.85. The van der Waals surface area contributed by atoms with E-state index in [1.165, 1.54) is 37.6 Å². The molecule has 0 bridgehead atoms. The van der Waals surface area contributed by atoms with Crippen LogP contribution in [0.2, 0.25) is 0 Å². The van der Waals surface area contributed by atoms with Crippen LogP contribution in [0, 0.1) is 0 Å². The van der Waals surface area contributed by atoms with Crippen molar-refractivity contribution in [1.82, 2.24) is 9.99 Å². The molecule has 0 aliphatic heterocycles. The molecule has 0 radical (unpaired) electrons. The number of nitrogens with zero attached hydrogens (tertiary/aromatic N) is 2. The van der Waals surface area contributed by atoms with Crippen molar-refractivity contribution in [1.29, 1.82) is 0 Å². The van der Waals surface area contributed by atoms with Gasteiger partial charge in [0.15, 0.2) is 0 Å². The first-order valence-electron chi connectivity index (χ1n) is 8.61. The highest BCUT2D eigenvalue weighted by molar-refractivity contribution is 5.95. The van der Waals surface area contributed by atoms with Crippen molar-refractivity contribution in [2.75, 3.05) is 0 Å². The number of benzene rings is 1. The van der Waals surface area contributed by atoms with E-state index in [4.69, 9.17) is 0 Å². The molecule has 1 aromatic carbocycles. The van der Waals surface area contributed by atoms with E-state index in [0.29, 0.717) is 6.04 Å². The zero-order valence-electron chi connectivity index (χ0n) is 14.2. The van der Waals surface area contributed by atoms with Crippen molar-refractivity contribution in [3.05, 3.63) is 59.4 Å². The van der Waals surface area contributed by atoms with Gasteiger partial charge < -0.3 is 4.57 Å². The number of alkyl halides is 3. The molecule has 1 aliphatic rings. The average molecular weight is 363 g/mol. The summed E-state index contributed by atoms with van der Waals surface area (Å²) in [4.78, 5) is 12.0. The van der Waals surface area contributed by atoms with Crippen LogP contribution in [0.1, 0.15) is 59.6 Å². The van der Waals surface area contributed by atoms with Crippen LogP contribution in [-0.4, -0.2) is 16.7 Å². The molecule has 1 N–H and O–H groups in total. The molecule has 0 atom stereocenters. The predicted molar refractivity (Wildman–Crippen MR) is 93.1 cm³/mol. The lowest BCUT2D eigenvalue weighted by Crippen LogP contribution is -2.18. The van der Waals surface area contributed by atoms with Crippen LogP contribution in [-0.2, 0) is 6.18 Å². The Morgan fingerprint density at radius 3 is 2.69 bits per heavy atom.